The summed E-state index contributed by atoms with van der Waals surface area (Å²) in [5.74, 6) is 0.415. The van der Waals surface area contributed by atoms with Crippen molar-refractivity contribution >= 4 is 33.0 Å². The maximum Gasteiger partial charge on any atom is 0.255 e. The SMILES string of the molecule is COc1cccc(NC(=O)c2cccc(-c3ccc(S(=O)(=O)N4CCCC4)s3)c2)c1. The van der Waals surface area contributed by atoms with Crippen molar-refractivity contribution in [2.45, 2.75) is 17.1 Å². The fraction of sp³-hybridized carbons (Fsp3) is 0.227. The van der Waals surface area contributed by atoms with Gasteiger partial charge in [0.15, 0.2) is 0 Å². The number of thiophene rings is 1. The third-order valence-corrected chi connectivity index (χ3v) is 8.48. The smallest absolute Gasteiger partial charge is 0.255 e. The highest BCUT2D eigenvalue weighted by atomic mass is 32.2. The minimum Gasteiger partial charge on any atom is -0.497 e. The molecule has 1 saturated heterocycles. The highest BCUT2D eigenvalue weighted by Crippen LogP contribution is 2.33. The Morgan fingerprint density at radius 1 is 1.03 bits per heavy atom. The topological polar surface area (TPSA) is 75.7 Å². The van der Waals surface area contributed by atoms with Crippen molar-refractivity contribution < 1.29 is 17.9 Å². The summed E-state index contributed by atoms with van der Waals surface area (Å²) >= 11 is 1.23. The second kappa shape index (κ2) is 8.59. The van der Waals surface area contributed by atoms with Crippen LogP contribution in [-0.4, -0.2) is 38.8 Å². The van der Waals surface area contributed by atoms with E-state index in [1.165, 1.54) is 11.3 Å². The van der Waals surface area contributed by atoms with E-state index in [0.29, 0.717) is 34.3 Å². The first-order valence-corrected chi connectivity index (χ1v) is 11.9. The van der Waals surface area contributed by atoms with Crippen molar-refractivity contribution in [3.63, 3.8) is 0 Å². The normalized spacial score (nSPS) is 14.6. The molecule has 2 heterocycles. The zero-order chi connectivity index (χ0) is 21.1. The number of carbonyl (C=O) groups is 1. The Hall–Kier alpha value is -2.68. The van der Waals surface area contributed by atoms with E-state index < -0.39 is 10.0 Å². The molecule has 2 aromatic carbocycles. The Kier molecular flexibility index (Phi) is 5.90. The van der Waals surface area contributed by atoms with Gasteiger partial charge in [0, 0.05) is 35.3 Å². The molecule has 30 heavy (non-hydrogen) atoms. The summed E-state index contributed by atoms with van der Waals surface area (Å²) in [5.41, 5.74) is 1.94. The molecule has 4 rings (SSSR count). The number of methoxy groups -OCH3 is 1. The van der Waals surface area contributed by atoms with Crippen molar-refractivity contribution in [1.82, 2.24) is 4.31 Å². The van der Waals surface area contributed by atoms with Crippen LogP contribution < -0.4 is 10.1 Å². The molecular weight excluding hydrogens is 420 g/mol. The zero-order valence-electron chi connectivity index (χ0n) is 16.5. The molecule has 0 bridgehead atoms. The number of hydrogen-bond donors (Lipinski definition) is 1. The second-order valence-corrected chi connectivity index (χ2v) is 10.2. The number of rotatable bonds is 6. The van der Waals surface area contributed by atoms with Gasteiger partial charge in [-0.15, -0.1) is 11.3 Å². The number of ether oxygens (including phenoxy) is 1. The highest BCUT2D eigenvalue weighted by molar-refractivity contribution is 7.91. The van der Waals surface area contributed by atoms with Gasteiger partial charge >= 0.3 is 0 Å². The predicted molar refractivity (Wildman–Crippen MR) is 119 cm³/mol. The number of anilines is 1. The molecule has 1 amide bonds. The van der Waals surface area contributed by atoms with Gasteiger partial charge in [-0.05, 0) is 54.8 Å². The number of benzene rings is 2. The molecule has 0 saturated carbocycles. The van der Waals surface area contributed by atoms with Crippen molar-refractivity contribution in [2.24, 2.45) is 0 Å². The van der Waals surface area contributed by atoms with Crippen LogP contribution in [0.5, 0.6) is 5.75 Å². The van der Waals surface area contributed by atoms with Crippen molar-refractivity contribution in [3.05, 3.63) is 66.2 Å². The summed E-state index contributed by atoms with van der Waals surface area (Å²) in [5, 5.41) is 2.86. The lowest BCUT2D eigenvalue weighted by molar-refractivity contribution is 0.102. The van der Waals surface area contributed by atoms with Gasteiger partial charge in [-0.1, -0.05) is 18.2 Å². The van der Waals surface area contributed by atoms with Crippen molar-refractivity contribution in [2.75, 3.05) is 25.5 Å². The van der Waals surface area contributed by atoms with Gasteiger partial charge in [0.25, 0.3) is 15.9 Å². The molecule has 1 aliphatic rings. The Balaban J connectivity index is 1.55. The summed E-state index contributed by atoms with van der Waals surface area (Å²) in [6.45, 7) is 1.16. The maximum atomic E-state index is 12.8. The van der Waals surface area contributed by atoms with Crippen LogP contribution in [0.25, 0.3) is 10.4 Å². The van der Waals surface area contributed by atoms with Gasteiger partial charge in [-0.25, -0.2) is 8.42 Å². The summed E-state index contributed by atoms with van der Waals surface area (Å²) in [4.78, 5) is 13.5. The first kappa shape index (κ1) is 20.6. The monoisotopic (exact) mass is 442 g/mol. The van der Waals surface area contributed by atoms with Crippen molar-refractivity contribution in [1.29, 1.82) is 0 Å². The van der Waals surface area contributed by atoms with Crippen LogP contribution in [0.4, 0.5) is 5.69 Å². The number of nitrogens with one attached hydrogen (secondary N) is 1. The van der Waals surface area contributed by atoms with Crippen LogP contribution in [0.15, 0.2) is 64.9 Å². The van der Waals surface area contributed by atoms with Crippen LogP contribution in [-0.2, 0) is 10.0 Å². The number of sulfonamides is 1. The average Bonchev–Trinajstić information content (AvgIpc) is 3.47. The Morgan fingerprint density at radius 2 is 1.80 bits per heavy atom. The minimum atomic E-state index is -3.44. The predicted octanol–water partition coefficient (Wildman–Crippen LogP) is 4.46. The Bertz CT molecular complexity index is 1170. The summed E-state index contributed by atoms with van der Waals surface area (Å²) < 4.78 is 32.6. The molecule has 0 unspecified atom stereocenters. The molecule has 1 fully saturated rings. The molecule has 0 radical (unpaired) electrons. The number of amides is 1. The molecule has 3 aromatic rings. The van der Waals surface area contributed by atoms with E-state index in [-0.39, 0.29) is 5.91 Å². The Morgan fingerprint density at radius 3 is 2.57 bits per heavy atom. The lowest BCUT2D eigenvalue weighted by atomic mass is 10.1. The van der Waals surface area contributed by atoms with E-state index >= 15 is 0 Å². The molecule has 0 spiro atoms. The van der Waals surface area contributed by atoms with E-state index in [0.717, 1.165) is 23.3 Å². The van der Waals surface area contributed by atoms with Crippen molar-refractivity contribution in [3.8, 4) is 16.2 Å². The van der Waals surface area contributed by atoms with Gasteiger partial charge in [0.1, 0.15) is 9.96 Å². The minimum absolute atomic E-state index is 0.244. The largest absolute Gasteiger partial charge is 0.497 e. The Labute approximate surface area is 180 Å². The average molecular weight is 443 g/mol. The van der Waals surface area contributed by atoms with Gasteiger partial charge in [-0.3, -0.25) is 4.79 Å². The molecule has 1 N–H and O–H groups in total. The van der Waals surface area contributed by atoms with Gasteiger partial charge < -0.3 is 10.1 Å². The van der Waals surface area contributed by atoms with E-state index in [2.05, 4.69) is 5.32 Å². The van der Waals surface area contributed by atoms with Gasteiger partial charge in [0.05, 0.1) is 7.11 Å². The lowest BCUT2D eigenvalue weighted by Gasteiger charge is -2.13. The van der Waals surface area contributed by atoms with Crippen LogP contribution >= 0.6 is 11.3 Å². The van der Waals surface area contributed by atoms with E-state index in [1.807, 2.05) is 6.07 Å². The molecule has 6 nitrogen and oxygen atoms in total. The van der Waals surface area contributed by atoms with Crippen LogP contribution in [0.2, 0.25) is 0 Å². The molecular formula is C22H22N2O4S2. The second-order valence-electron chi connectivity index (χ2n) is 7.00. The van der Waals surface area contributed by atoms with E-state index in [1.54, 1.807) is 66.0 Å². The first-order chi connectivity index (χ1) is 14.5. The summed E-state index contributed by atoms with van der Waals surface area (Å²) in [6, 6.07) is 17.8. The van der Waals surface area contributed by atoms with E-state index in [4.69, 9.17) is 4.74 Å². The molecule has 1 aliphatic heterocycles. The third-order valence-electron chi connectivity index (χ3n) is 4.98. The quantitative estimate of drug-likeness (QED) is 0.612. The molecule has 0 aliphatic carbocycles. The zero-order valence-corrected chi connectivity index (χ0v) is 18.1. The number of carbonyl (C=O) groups excluding carboxylic acids is 1. The standard InChI is InChI=1S/C22H22N2O4S2/c1-28-19-9-5-8-18(15-19)23-22(25)17-7-4-6-16(14-17)20-10-11-21(29-20)30(26,27)24-12-2-3-13-24/h4-11,14-15H,2-3,12-13H2,1H3,(H,23,25). The highest BCUT2D eigenvalue weighted by Gasteiger charge is 2.28. The maximum absolute atomic E-state index is 12.8. The molecule has 8 heteroatoms. The fourth-order valence-corrected chi connectivity index (χ4v) is 6.36. The first-order valence-electron chi connectivity index (χ1n) is 9.63. The summed E-state index contributed by atoms with van der Waals surface area (Å²) in [7, 11) is -1.87. The lowest BCUT2D eigenvalue weighted by Crippen LogP contribution is -2.27. The van der Waals surface area contributed by atoms with Gasteiger partial charge in [0.2, 0.25) is 0 Å². The van der Waals surface area contributed by atoms with Crippen LogP contribution in [0.1, 0.15) is 23.2 Å². The van der Waals surface area contributed by atoms with Gasteiger partial charge in [-0.2, -0.15) is 4.31 Å². The molecule has 0 atom stereocenters. The fourth-order valence-electron chi connectivity index (χ4n) is 3.39. The summed E-state index contributed by atoms with van der Waals surface area (Å²) in [6.07, 6.45) is 1.81. The molecule has 1 aromatic heterocycles. The molecule has 156 valence electrons. The van der Waals surface area contributed by atoms with Crippen LogP contribution in [0, 0.1) is 0 Å². The number of nitrogens with zero attached hydrogens (tertiary/aromatic N) is 1. The number of hydrogen-bond acceptors (Lipinski definition) is 5. The third kappa shape index (κ3) is 4.26. The van der Waals surface area contributed by atoms with Crippen LogP contribution in [0.3, 0.4) is 0 Å². The van der Waals surface area contributed by atoms with E-state index in [9.17, 15) is 13.2 Å².